The maximum absolute atomic E-state index is 12.8. The number of anilines is 3. The maximum atomic E-state index is 12.8. The molecule has 0 bridgehead atoms. The molecular formula is C19H22N10O5S3. The number of carboxylic acids is 1. The molecule has 3 unspecified atom stereocenters. The molecule has 2 aliphatic heterocycles. The highest BCUT2D eigenvalue weighted by atomic mass is 32.2. The van der Waals surface area contributed by atoms with Crippen LogP contribution >= 0.6 is 34.9 Å². The zero-order valence-electron chi connectivity index (χ0n) is 19.2. The predicted molar refractivity (Wildman–Crippen MR) is 136 cm³/mol. The number of oxime groups is 1. The van der Waals surface area contributed by atoms with Crippen LogP contribution in [0.25, 0.3) is 0 Å². The third-order valence-electron chi connectivity index (χ3n) is 5.26. The first-order valence-corrected chi connectivity index (χ1v) is 13.4. The minimum absolute atomic E-state index is 0.143. The van der Waals surface area contributed by atoms with Gasteiger partial charge in [-0.25, -0.2) is 4.98 Å². The maximum Gasteiger partial charge on any atom is 0.322 e. The first kappa shape index (κ1) is 26.3. The second-order valence-corrected chi connectivity index (χ2v) is 10.7. The molecule has 18 heteroatoms. The first-order chi connectivity index (χ1) is 17.6. The van der Waals surface area contributed by atoms with Crippen molar-refractivity contribution >= 4 is 75.6 Å². The van der Waals surface area contributed by atoms with E-state index in [1.165, 1.54) is 29.2 Å². The second-order valence-electron chi connectivity index (χ2n) is 7.78. The van der Waals surface area contributed by atoms with Gasteiger partial charge in [0, 0.05) is 16.9 Å². The number of nitrogen functional groups attached to an aromatic ring is 4. The third kappa shape index (κ3) is 5.49. The number of aliphatic carboxylic acids is 1. The van der Waals surface area contributed by atoms with E-state index < -0.39 is 35.3 Å². The van der Waals surface area contributed by atoms with Crippen molar-refractivity contribution in [2.75, 3.05) is 34.5 Å². The molecule has 4 rings (SSSR count). The molecule has 0 spiro atoms. The summed E-state index contributed by atoms with van der Waals surface area (Å²) in [6.07, 6.45) is 0.353. The minimum Gasteiger partial charge on any atom is -0.543 e. The Hall–Kier alpha value is -3.77. The molecule has 0 radical (unpaired) electrons. The molecule has 37 heavy (non-hydrogen) atoms. The van der Waals surface area contributed by atoms with Gasteiger partial charge in [-0.2, -0.15) is 0 Å². The van der Waals surface area contributed by atoms with Crippen molar-refractivity contribution in [1.29, 1.82) is 0 Å². The van der Waals surface area contributed by atoms with Crippen LogP contribution < -0.4 is 38.1 Å². The smallest absolute Gasteiger partial charge is 0.322 e. The minimum atomic E-state index is -1.51. The standard InChI is InChI=1S/C19H22N10O5S3/c1-7(9-6-36-18(22)25-9)34-24-3-12(30)27-13-15(31)28-14(17(32)33)8(4-35-16(13)28)5-37-19-26-10(20)2-11(21)29(19)23/h2-3,6-7,13,16H,4-5,23H2,1H3,(H7,20,21,22,25,27,30,32,33)/b24-3-. The van der Waals surface area contributed by atoms with Crippen LogP contribution in [-0.2, 0) is 19.2 Å². The monoisotopic (exact) mass is 566 g/mol. The van der Waals surface area contributed by atoms with Gasteiger partial charge in [-0.05, 0) is 24.3 Å². The Labute approximate surface area is 222 Å². The highest BCUT2D eigenvalue weighted by molar-refractivity contribution is 8.01. The number of β-lactam (4-membered cyclic amide) rings is 1. The van der Waals surface area contributed by atoms with Crippen LogP contribution in [0.1, 0.15) is 18.7 Å². The number of nitrogens with zero attached hydrogens (tertiary/aromatic N) is 5. The summed E-state index contributed by atoms with van der Waals surface area (Å²) < 4.78 is 1.12. The van der Waals surface area contributed by atoms with Gasteiger partial charge in [0.15, 0.2) is 11.2 Å². The van der Waals surface area contributed by atoms with Crippen LogP contribution in [0, 0.1) is 0 Å². The summed E-state index contributed by atoms with van der Waals surface area (Å²) in [4.78, 5) is 51.5. The van der Waals surface area contributed by atoms with Gasteiger partial charge >= 0.3 is 5.16 Å². The van der Waals surface area contributed by atoms with Crippen molar-refractivity contribution in [3.05, 3.63) is 28.4 Å². The summed E-state index contributed by atoms with van der Waals surface area (Å²) in [7, 11) is 0. The molecule has 2 aromatic heterocycles. The molecule has 2 amide bonds. The van der Waals surface area contributed by atoms with Gasteiger partial charge in [0.1, 0.15) is 17.6 Å². The number of fused-ring (bicyclic) bond motifs is 1. The fourth-order valence-corrected chi connectivity index (χ4v) is 6.54. The fraction of sp³-hybridized carbons (Fsp3) is 0.316. The number of amides is 2. The zero-order chi connectivity index (χ0) is 26.9. The van der Waals surface area contributed by atoms with Crippen LogP contribution in [0.2, 0.25) is 0 Å². The largest absolute Gasteiger partial charge is 0.543 e. The first-order valence-electron chi connectivity index (χ1n) is 10.5. The molecule has 0 aliphatic carbocycles. The Balaban J connectivity index is 1.38. The Morgan fingerprint density at radius 2 is 2.19 bits per heavy atom. The number of aromatic nitrogens is 3. The summed E-state index contributed by atoms with van der Waals surface area (Å²) in [5, 5.41) is 19.8. The molecule has 2 aromatic rings. The number of thiazole rings is 1. The molecule has 196 valence electrons. The molecule has 1 saturated heterocycles. The van der Waals surface area contributed by atoms with Crippen molar-refractivity contribution in [1.82, 2.24) is 20.2 Å². The van der Waals surface area contributed by atoms with E-state index in [9.17, 15) is 19.5 Å². The van der Waals surface area contributed by atoms with Gasteiger partial charge in [-0.15, -0.1) is 27.8 Å². The topological polar surface area (TPSA) is 245 Å². The van der Waals surface area contributed by atoms with Crippen LogP contribution in [0.3, 0.4) is 0 Å². The van der Waals surface area contributed by atoms with Crippen molar-refractivity contribution in [2.24, 2.45) is 5.16 Å². The lowest BCUT2D eigenvalue weighted by Crippen LogP contribution is -2.71. The Morgan fingerprint density at radius 1 is 1.43 bits per heavy atom. The number of hydrogen-bond donors (Lipinski definition) is 5. The van der Waals surface area contributed by atoms with Crippen LogP contribution in [0.5, 0.6) is 0 Å². The molecule has 2 aliphatic rings. The predicted octanol–water partition coefficient (Wildman–Crippen LogP) is -2.45. The van der Waals surface area contributed by atoms with Crippen molar-refractivity contribution < 1.29 is 29.0 Å². The highest BCUT2D eigenvalue weighted by Crippen LogP contribution is 2.41. The summed E-state index contributed by atoms with van der Waals surface area (Å²) >= 11 is 3.65. The molecular weight excluding hydrogens is 544 g/mol. The molecule has 0 aromatic carbocycles. The van der Waals surface area contributed by atoms with Gasteiger partial charge in [0.05, 0.1) is 23.4 Å². The van der Waals surface area contributed by atoms with Gasteiger partial charge in [-0.1, -0.05) is 10.1 Å². The average molecular weight is 567 g/mol. The molecule has 4 heterocycles. The molecule has 9 N–H and O–H groups in total. The van der Waals surface area contributed by atoms with Crippen molar-refractivity contribution in [2.45, 2.75) is 29.6 Å². The summed E-state index contributed by atoms with van der Waals surface area (Å²) in [6, 6.07) is 0.448. The van der Waals surface area contributed by atoms with E-state index in [4.69, 9.17) is 27.9 Å². The lowest BCUT2D eigenvalue weighted by molar-refractivity contribution is -0.667. The number of carboxylic acid groups (broad SMARTS) is 1. The van der Waals surface area contributed by atoms with E-state index in [1.807, 2.05) is 0 Å². The Bertz CT molecular complexity index is 1320. The SMILES string of the molecule is CC(O/N=C\C(=O)NC1C(=O)N2C(C(=O)[O-])=C(CSc3nc(N)cc(N)[n+]3N)CSC12)c1csc(N)n1. The molecule has 1 fully saturated rings. The fourth-order valence-electron chi connectivity index (χ4n) is 3.47. The van der Waals surface area contributed by atoms with E-state index in [0.29, 0.717) is 16.4 Å². The number of nitrogens with two attached hydrogens (primary N) is 4. The number of carbonyl (C=O) groups excluding carboxylic acids is 3. The quantitative estimate of drug-likeness (QED) is 0.0403. The van der Waals surface area contributed by atoms with Gasteiger partial charge in [0.2, 0.25) is 11.6 Å². The summed E-state index contributed by atoms with van der Waals surface area (Å²) in [5.74, 6) is 3.83. The lowest BCUT2D eigenvalue weighted by atomic mass is 10.0. The van der Waals surface area contributed by atoms with Crippen LogP contribution in [0.4, 0.5) is 16.8 Å². The number of thioether (sulfide) groups is 2. The van der Waals surface area contributed by atoms with Gasteiger partial charge in [-0.3, -0.25) is 20.3 Å². The Morgan fingerprint density at radius 3 is 2.86 bits per heavy atom. The van der Waals surface area contributed by atoms with Crippen LogP contribution in [-0.4, -0.2) is 61.8 Å². The van der Waals surface area contributed by atoms with E-state index in [1.54, 1.807) is 12.3 Å². The van der Waals surface area contributed by atoms with Crippen LogP contribution in [0.15, 0.2) is 33.0 Å². The van der Waals surface area contributed by atoms with Gasteiger partial charge in [0.25, 0.3) is 11.8 Å². The molecule has 3 atom stereocenters. The average Bonchev–Trinajstić information content (AvgIpc) is 3.29. The number of hydrogen-bond acceptors (Lipinski definition) is 15. The highest BCUT2D eigenvalue weighted by Gasteiger charge is 2.52. The van der Waals surface area contributed by atoms with Crippen molar-refractivity contribution in [3.8, 4) is 0 Å². The third-order valence-corrected chi connectivity index (χ3v) is 8.33. The number of nitrogens with one attached hydrogen (secondary N) is 1. The molecule has 15 nitrogen and oxygen atoms in total. The lowest BCUT2D eigenvalue weighted by Gasteiger charge is -2.50. The van der Waals surface area contributed by atoms with Crippen molar-refractivity contribution in [3.63, 3.8) is 0 Å². The summed E-state index contributed by atoms with van der Waals surface area (Å²) in [6.45, 7) is 1.68. The Kier molecular flexibility index (Phi) is 7.60. The zero-order valence-corrected chi connectivity index (χ0v) is 21.6. The number of carbonyl (C=O) groups is 3. The van der Waals surface area contributed by atoms with E-state index >= 15 is 0 Å². The van der Waals surface area contributed by atoms with E-state index in [2.05, 4.69) is 20.4 Å². The normalized spacial score (nSPS) is 19.9. The molecule has 0 saturated carbocycles. The summed E-state index contributed by atoms with van der Waals surface area (Å²) in [5.41, 5.74) is 17.8. The van der Waals surface area contributed by atoms with Gasteiger partial charge < -0.3 is 37.3 Å². The van der Waals surface area contributed by atoms with E-state index in [0.717, 1.165) is 27.6 Å². The second kappa shape index (κ2) is 10.7. The number of rotatable bonds is 9. The van der Waals surface area contributed by atoms with E-state index in [-0.39, 0.29) is 34.0 Å².